The third-order valence-corrected chi connectivity index (χ3v) is 3.44. The molecule has 0 spiro atoms. The van der Waals surface area contributed by atoms with E-state index in [1.54, 1.807) is 36.7 Å². The standard InChI is InChI=1S/C15H17N3O3S/c1-22(20,21)18-14-7-5-13(6-8-14)17-15(19)9-4-12-3-2-10-16-11-12/h2-3,5-8,10-11,18H,4,9H2,1H3,(H,17,19). The molecule has 0 aliphatic carbocycles. The molecule has 1 aromatic carbocycles. The quantitative estimate of drug-likeness (QED) is 0.852. The van der Waals surface area contributed by atoms with Crippen molar-refractivity contribution in [3.05, 3.63) is 54.4 Å². The van der Waals surface area contributed by atoms with E-state index in [0.29, 0.717) is 24.2 Å². The van der Waals surface area contributed by atoms with Crippen molar-refractivity contribution in [3.63, 3.8) is 0 Å². The van der Waals surface area contributed by atoms with Crippen LogP contribution in [0.25, 0.3) is 0 Å². The predicted molar refractivity (Wildman–Crippen MR) is 86.1 cm³/mol. The zero-order valence-electron chi connectivity index (χ0n) is 12.1. The van der Waals surface area contributed by atoms with Gasteiger partial charge in [0.15, 0.2) is 0 Å². The third kappa shape index (κ3) is 5.53. The molecule has 0 unspecified atom stereocenters. The Morgan fingerprint density at radius 3 is 2.41 bits per heavy atom. The van der Waals surface area contributed by atoms with E-state index in [2.05, 4.69) is 15.0 Å². The first kappa shape index (κ1) is 16.0. The highest BCUT2D eigenvalue weighted by Gasteiger charge is 2.05. The maximum Gasteiger partial charge on any atom is 0.229 e. The lowest BCUT2D eigenvalue weighted by molar-refractivity contribution is -0.116. The number of anilines is 2. The molecule has 6 nitrogen and oxygen atoms in total. The van der Waals surface area contributed by atoms with Gasteiger partial charge in [-0.3, -0.25) is 14.5 Å². The largest absolute Gasteiger partial charge is 0.326 e. The van der Waals surface area contributed by atoms with Gasteiger partial charge in [0.05, 0.1) is 6.26 Å². The Labute approximate surface area is 129 Å². The number of rotatable bonds is 6. The fourth-order valence-electron chi connectivity index (χ4n) is 1.86. The average molecular weight is 319 g/mol. The second-order valence-electron chi connectivity index (χ2n) is 4.86. The van der Waals surface area contributed by atoms with Gasteiger partial charge < -0.3 is 5.32 Å². The van der Waals surface area contributed by atoms with Crippen molar-refractivity contribution < 1.29 is 13.2 Å². The number of aryl methyl sites for hydroxylation is 1. The number of sulfonamides is 1. The van der Waals surface area contributed by atoms with Crippen molar-refractivity contribution in [3.8, 4) is 0 Å². The summed E-state index contributed by atoms with van der Waals surface area (Å²) >= 11 is 0. The maximum absolute atomic E-state index is 11.9. The van der Waals surface area contributed by atoms with Crippen LogP contribution in [-0.4, -0.2) is 25.6 Å². The van der Waals surface area contributed by atoms with Gasteiger partial charge in [-0.2, -0.15) is 0 Å². The second kappa shape index (κ2) is 7.04. The molecule has 1 aromatic heterocycles. The monoisotopic (exact) mass is 319 g/mol. The summed E-state index contributed by atoms with van der Waals surface area (Å²) in [5.74, 6) is -0.104. The van der Waals surface area contributed by atoms with Crippen LogP contribution < -0.4 is 10.0 Å². The first-order valence-electron chi connectivity index (χ1n) is 6.69. The first-order valence-corrected chi connectivity index (χ1v) is 8.58. The van der Waals surface area contributed by atoms with Crippen LogP contribution in [0.4, 0.5) is 11.4 Å². The number of hydrogen-bond donors (Lipinski definition) is 2. The van der Waals surface area contributed by atoms with Gasteiger partial charge in [0.1, 0.15) is 0 Å². The third-order valence-electron chi connectivity index (χ3n) is 2.84. The number of carbonyl (C=O) groups excluding carboxylic acids is 1. The van der Waals surface area contributed by atoms with E-state index < -0.39 is 10.0 Å². The molecule has 0 saturated heterocycles. The van der Waals surface area contributed by atoms with E-state index in [1.807, 2.05) is 12.1 Å². The molecule has 2 N–H and O–H groups in total. The van der Waals surface area contributed by atoms with E-state index in [1.165, 1.54) is 0 Å². The summed E-state index contributed by atoms with van der Waals surface area (Å²) in [6, 6.07) is 10.2. The molecule has 0 aliphatic rings. The molecular formula is C15H17N3O3S. The second-order valence-corrected chi connectivity index (χ2v) is 6.61. The molecule has 1 heterocycles. The zero-order valence-corrected chi connectivity index (χ0v) is 12.9. The van der Waals surface area contributed by atoms with Crippen molar-refractivity contribution >= 4 is 27.3 Å². The van der Waals surface area contributed by atoms with E-state index in [9.17, 15) is 13.2 Å². The Kier molecular flexibility index (Phi) is 5.11. The van der Waals surface area contributed by atoms with Crippen molar-refractivity contribution in [2.24, 2.45) is 0 Å². The number of nitrogens with zero attached hydrogens (tertiary/aromatic N) is 1. The minimum absolute atomic E-state index is 0.104. The Morgan fingerprint density at radius 2 is 1.82 bits per heavy atom. The minimum Gasteiger partial charge on any atom is -0.326 e. The SMILES string of the molecule is CS(=O)(=O)Nc1ccc(NC(=O)CCc2cccnc2)cc1. The van der Waals surface area contributed by atoms with Crippen molar-refractivity contribution in [1.82, 2.24) is 4.98 Å². The molecule has 1 amide bonds. The summed E-state index contributed by atoms with van der Waals surface area (Å²) in [5.41, 5.74) is 2.08. The smallest absolute Gasteiger partial charge is 0.229 e. The Morgan fingerprint density at radius 1 is 1.14 bits per heavy atom. The van der Waals surface area contributed by atoms with Gasteiger partial charge in [-0.25, -0.2) is 8.42 Å². The fraction of sp³-hybridized carbons (Fsp3) is 0.200. The molecule has 0 radical (unpaired) electrons. The topological polar surface area (TPSA) is 88.2 Å². The number of nitrogens with one attached hydrogen (secondary N) is 2. The molecule has 2 rings (SSSR count). The van der Waals surface area contributed by atoms with E-state index >= 15 is 0 Å². The number of carbonyl (C=O) groups is 1. The molecule has 0 fully saturated rings. The van der Waals surface area contributed by atoms with Crippen LogP contribution >= 0.6 is 0 Å². The lowest BCUT2D eigenvalue weighted by Gasteiger charge is -2.07. The van der Waals surface area contributed by atoms with Gasteiger partial charge in [-0.15, -0.1) is 0 Å². The lowest BCUT2D eigenvalue weighted by atomic mass is 10.1. The van der Waals surface area contributed by atoms with Crippen molar-refractivity contribution in [1.29, 1.82) is 0 Å². The molecule has 0 saturated carbocycles. The molecule has 2 aromatic rings. The van der Waals surface area contributed by atoms with Crippen molar-refractivity contribution in [2.45, 2.75) is 12.8 Å². The zero-order chi connectivity index (χ0) is 16.0. The molecule has 0 aliphatic heterocycles. The fourth-order valence-corrected chi connectivity index (χ4v) is 2.43. The van der Waals surface area contributed by atoms with Crippen LogP contribution in [0, 0.1) is 0 Å². The normalized spacial score (nSPS) is 11.0. The predicted octanol–water partition coefficient (Wildman–Crippen LogP) is 2.02. The maximum atomic E-state index is 11.9. The lowest BCUT2D eigenvalue weighted by Crippen LogP contribution is -2.13. The molecule has 22 heavy (non-hydrogen) atoms. The van der Waals surface area contributed by atoms with Gasteiger partial charge in [0.25, 0.3) is 0 Å². The van der Waals surface area contributed by atoms with Crippen LogP contribution in [0.15, 0.2) is 48.8 Å². The Bertz CT molecular complexity index is 728. The van der Waals surface area contributed by atoms with Gasteiger partial charge in [0.2, 0.25) is 15.9 Å². The summed E-state index contributed by atoms with van der Waals surface area (Å²) in [6.07, 6.45) is 5.48. The summed E-state index contributed by atoms with van der Waals surface area (Å²) in [4.78, 5) is 15.9. The Balaban J connectivity index is 1.86. The number of aromatic nitrogens is 1. The number of pyridine rings is 1. The van der Waals surface area contributed by atoms with Crippen LogP contribution in [0.3, 0.4) is 0 Å². The molecular weight excluding hydrogens is 302 g/mol. The highest BCUT2D eigenvalue weighted by molar-refractivity contribution is 7.92. The summed E-state index contributed by atoms with van der Waals surface area (Å²) < 4.78 is 24.6. The highest BCUT2D eigenvalue weighted by atomic mass is 32.2. The molecule has 0 bridgehead atoms. The van der Waals surface area contributed by atoms with E-state index in [0.717, 1.165) is 11.8 Å². The molecule has 7 heteroatoms. The first-order chi connectivity index (χ1) is 10.4. The minimum atomic E-state index is -3.30. The summed E-state index contributed by atoms with van der Waals surface area (Å²) in [7, 11) is -3.30. The average Bonchev–Trinajstić information content (AvgIpc) is 2.47. The van der Waals surface area contributed by atoms with Crippen molar-refractivity contribution in [2.75, 3.05) is 16.3 Å². The summed E-state index contributed by atoms with van der Waals surface area (Å²) in [6.45, 7) is 0. The van der Waals surface area contributed by atoms with E-state index in [4.69, 9.17) is 0 Å². The van der Waals surface area contributed by atoms with E-state index in [-0.39, 0.29) is 5.91 Å². The number of benzene rings is 1. The van der Waals surface area contributed by atoms with Crippen LogP contribution in [0.5, 0.6) is 0 Å². The van der Waals surface area contributed by atoms with Gasteiger partial charge in [-0.05, 0) is 42.3 Å². The van der Waals surface area contributed by atoms with Crippen LogP contribution in [-0.2, 0) is 21.2 Å². The number of amides is 1. The van der Waals surface area contributed by atoms with Gasteiger partial charge in [0, 0.05) is 30.2 Å². The van der Waals surface area contributed by atoms with Gasteiger partial charge >= 0.3 is 0 Å². The molecule has 116 valence electrons. The van der Waals surface area contributed by atoms with Crippen LogP contribution in [0.1, 0.15) is 12.0 Å². The molecule has 0 atom stereocenters. The highest BCUT2D eigenvalue weighted by Crippen LogP contribution is 2.15. The Hall–Kier alpha value is -2.41. The van der Waals surface area contributed by atoms with Gasteiger partial charge in [-0.1, -0.05) is 6.07 Å². The number of hydrogen-bond acceptors (Lipinski definition) is 4. The summed E-state index contributed by atoms with van der Waals surface area (Å²) in [5, 5.41) is 2.77. The van der Waals surface area contributed by atoms with Crippen LogP contribution in [0.2, 0.25) is 0 Å².